The molecule has 0 unspecified atom stereocenters. The molecule has 1 N–H and O–H groups in total. The Morgan fingerprint density at radius 2 is 1.82 bits per heavy atom. The second kappa shape index (κ2) is 9.59. The Morgan fingerprint density at radius 3 is 2.57 bits per heavy atom. The van der Waals surface area contributed by atoms with E-state index >= 15 is 0 Å². The van der Waals surface area contributed by atoms with E-state index in [-0.39, 0.29) is 12.4 Å². The summed E-state index contributed by atoms with van der Waals surface area (Å²) >= 11 is 0. The van der Waals surface area contributed by atoms with Crippen molar-refractivity contribution in [2.75, 3.05) is 33.3 Å². The number of hydrogen-bond donors (Lipinski definition) is 1. The molecule has 2 fully saturated rings. The van der Waals surface area contributed by atoms with Crippen LogP contribution < -0.4 is 14.8 Å². The molecule has 1 aromatic carbocycles. The molecule has 2 aromatic rings. The lowest BCUT2D eigenvalue weighted by atomic mass is 9.78. The lowest BCUT2D eigenvalue weighted by Crippen LogP contribution is -2.38. The van der Waals surface area contributed by atoms with Gasteiger partial charge in [-0.15, -0.1) is 12.4 Å². The number of rotatable bonds is 6. The molecule has 3 heterocycles. The summed E-state index contributed by atoms with van der Waals surface area (Å²) in [7, 11) is 1.71. The number of nitrogens with zero attached hydrogens (tertiary/aromatic N) is 2. The molecular weight excluding hydrogens is 374 g/mol. The molecule has 0 saturated carbocycles. The number of pyridine rings is 1. The van der Waals surface area contributed by atoms with Crippen LogP contribution in [0, 0.1) is 5.41 Å². The van der Waals surface area contributed by atoms with Gasteiger partial charge in [-0.3, -0.25) is 9.88 Å². The number of halogens is 1. The van der Waals surface area contributed by atoms with Crippen molar-refractivity contribution in [3.8, 4) is 11.5 Å². The van der Waals surface area contributed by atoms with E-state index in [4.69, 9.17) is 9.47 Å². The van der Waals surface area contributed by atoms with Crippen molar-refractivity contribution in [1.29, 1.82) is 0 Å². The van der Waals surface area contributed by atoms with Crippen LogP contribution in [0.1, 0.15) is 30.4 Å². The third kappa shape index (κ3) is 4.96. The molecule has 4 rings (SSSR count). The highest BCUT2D eigenvalue weighted by atomic mass is 35.5. The van der Waals surface area contributed by atoms with Gasteiger partial charge < -0.3 is 14.8 Å². The number of likely N-dealkylation sites (tertiary alicyclic amines) is 1. The first-order chi connectivity index (χ1) is 13.3. The van der Waals surface area contributed by atoms with Gasteiger partial charge >= 0.3 is 0 Å². The second-order valence-electron chi connectivity index (χ2n) is 7.84. The van der Waals surface area contributed by atoms with Gasteiger partial charge in [0.25, 0.3) is 0 Å². The summed E-state index contributed by atoms with van der Waals surface area (Å²) in [5.74, 6) is 1.59. The molecule has 28 heavy (non-hydrogen) atoms. The Labute approximate surface area is 173 Å². The Kier molecular flexibility index (Phi) is 7.16. The molecule has 6 heteroatoms. The molecular formula is C22H30ClN3O2. The van der Waals surface area contributed by atoms with E-state index in [2.05, 4.69) is 27.3 Å². The average molecular weight is 404 g/mol. The van der Waals surface area contributed by atoms with Gasteiger partial charge in [0.2, 0.25) is 0 Å². The summed E-state index contributed by atoms with van der Waals surface area (Å²) in [6.45, 7) is 6.26. The lowest BCUT2D eigenvalue weighted by molar-refractivity contribution is 0.194. The molecule has 5 nitrogen and oxygen atoms in total. The van der Waals surface area contributed by atoms with Crippen LogP contribution in [0.3, 0.4) is 0 Å². The van der Waals surface area contributed by atoms with Gasteiger partial charge in [-0.05, 0) is 79.7 Å². The van der Waals surface area contributed by atoms with E-state index in [0.29, 0.717) is 12.0 Å². The fraction of sp³-hybridized carbons (Fsp3) is 0.500. The molecule has 2 aliphatic rings. The summed E-state index contributed by atoms with van der Waals surface area (Å²) in [6.07, 6.45) is 7.52. The Balaban J connectivity index is 0.00000225. The number of hydrogen-bond acceptors (Lipinski definition) is 5. The third-order valence-electron chi connectivity index (χ3n) is 5.96. The van der Waals surface area contributed by atoms with Crippen LogP contribution in [-0.2, 0) is 13.2 Å². The van der Waals surface area contributed by atoms with Crippen molar-refractivity contribution >= 4 is 12.4 Å². The zero-order chi connectivity index (χ0) is 18.5. The van der Waals surface area contributed by atoms with Crippen LogP contribution in [0.5, 0.6) is 11.5 Å². The maximum absolute atomic E-state index is 5.96. The van der Waals surface area contributed by atoms with Crippen molar-refractivity contribution in [3.05, 3.63) is 53.9 Å². The van der Waals surface area contributed by atoms with E-state index in [1.165, 1.54) is 51.0 Å². The highest BCUT2D eigenvalue weighted by Gasteiger charge is 2.38. The molecule has 0 atom stereocenters. The zero-order valence-electron chi connectivity index (χ0n) is 16.5. The van der Waals surface area contributed by atoms with Crippen molar-refractivity contribution < 1.29 is 9.47 Å². The number of piperidine rings is 1. The average Bonchev–Trinajstić information content (AvgIpc) is 3.09. The first-order valence-electron chi connectivity index (χ1n) is 9.88. The summed E-state index contributed by atoms with van der Waals surface area (Å²) in [5, 5.41) is 3.49. The smallest absolute Gasteiger partial charge is 0.161 e. The van der Waals surface area contributed by atoms with Crippen LogP contribution in [0.15, 0.2) is 42.7 Å². The van der Waals surface area contributed by atoms with Gasteiger partial charge in [0.15, 0.2) is 11.5 Å². The van der Waals surface area contributed by atoms with E-state index in [1.54, 1.807) is 19.5 Å². The van der Waals surface area contributed by atoms with E-state index in [1.807, 2.05) is 18.2 Å². The predicted molar refractivity (Wildman–Crippen MR) is 113 cm³/mol. The SMILES string of the molecule is COc1cc(CN2CCC3(CCNCC3)C2)ccc1OCc1ccncc1.Cl. The predicted octanol–water partition coefficient (Wildman–Crippen LogP) is 3.67. The van der Waals surface area contributed by atoms with Gasteiger partial charge in [-0.2, -0.15) is 0 Å². The molecule has 2 aliphatic heterocycles. The molecule has 0 aliphatic carbocycles. The molecule has 0 bridgehead atoms. The van der Waals surface area contributed by atoms with Crippen molar-refractivity contribution in [1.82, 2.24) is 15.2 Å². The van der Waals surface area contributed by atoms with Crippen LogP contribution >= 0.6 is 12.4 Å². The minimum absolute atomic E-state index is 0. The van der Waals surface area contributed by atoms with Gasteiger partial charge in [0.05, 0.1) is 7.11 Å². The van der Waals surface area contributed by atoms with Gasteiger partial charge in [-0.25, -0.2) is 0 Å². The first kappa shape index (κ1) is 20.9. The number of ether oxygens (including phenoxy) is 2. The fourth-order valence-electron chi connectivity index (χ4n) is 4.36. The Hall–Kier alpha value is -1.82. The normalized spacial score (nSPS) is 18.6. The monoisotopic (exact) mass is 403 g/mol. The molecule has 152 valence electrons. The molecule has 0 amide bonds. The number of nitrogens with one attached hydrogen (secondary N) is 1. The summed E-state index contributed by atoms with van der Waals surface area (Å²) in [5.41, 5.74) is 2.93. The van der Waals surface area contributed by atoms with Gasteiger partial charge in [-0.1, -0.05) is 6.07 Å². The van der Waals surface area contributed by atoms with Crippen LogP contribution in [0.25, 0.3) is 0 Å². The molecule has 1 aromatic heterocycles. The standard InChI is InChI=1S/C22H29N3O2.ClH/c1-26-21-14-19(2-3-20(21)27-16-18-4-9-23-10-5-18)15-25-13-8-22(17-25)6-11-24-12-7-22;/h2-5,9-10,14,24H,6-8,11-13,15-17H2,1H3;1H. The highest BCUT2D eigenvalue weighted by Crippen LogP contribution is 2.39. The molecule has 2 saturated heterocycles. The maximum atomic E-state index is 5.96. The van der Waals surface area contributed by atoms with E-state index < -0.39 is 0 Å². The maximum Gasteiger partial charge on any atom is 0.161 e. The number of benzene rings is 1. The quantitative estimate of drug-likeness (QED) is 0.797. The Bertz CT molecular complexity index is 751. The number of aromatic nitrogens is 1. The summed E-state index contributed by atoms with van der Waals surface area (Å²) in [4.78, 5) is 6.63. The minimum atomic E-state index is 0. The van der Waals surface area contributed by atoms with Gasteiger partial charge in [0, 0.05) is 25.5 Å². The Morgan fingerprint density at radius 1 is 1.04 bits per heavy atom. The van der Waals surface area contributed by atoms with Gasteiger partial charge in [0.1, 0.15) is 6.61 Å². The summed E-state index contributed by atoms with van der Waals surface area (Å²) < 4.78 is 11.5. The van der Waals surface area contributed by atoms with Crippen molar-refractivity contribution in [2.45, 2.75) is 32.4 Å². The zero-order valence-corrected chi connectivity index (χ0v) is 17.3. The topological polar surface area (TPSA) is 46.6 Å². The van der Waals surface area contributed by atoms with Crippen LogP contribution in [0.4, 0.5) is 0 Å². The lowest BCUT2D eigenvalue weighted by Gasteiger charge is -2.34. The summed E-state index contributed by atoms with van der Waals surface area (Å²) in [6, 6.07) is 10.2. The third-order valence-corrected chi connectivity index (χ3v) is 5.96. The minimum Gasteiger partial charge on any atom is -0.493 e. The van der Waals surface area contributed by atoms with Crippen molar-refractivity contribution in [3.63, 3.8) is 0 Å². The fourth-order valence-corrected chi connectivity index (χ4v) is 4.36. The van der Waals surface area contributed by atoms with Crippen LogP contribution in [-0.4, -0.2) is 43.2 Å². The second-order valence-corrected chi connectivity index (χ2v) is 7.84. The van der Waals surface area contributed by atoms with Crippen molar-refractivity contribution in [2.24, 2.45) is 5.41 Å². The van der Waals surface area contributed by atoms with Crippen LogP contribution in [0.2, 0.25) is 0 Å². The highest BCUT2D eigenvalue weighted by molar-refractivity contribution is 5.85. The number of methoxy groups -OCH3 is 1. The largest absolute Gasteiger partial charge is 0.493 e. The first-order valence-corrected chi connectivity index (χ1v) is 9.88. The molecule has 1 spiro atoms. The van der Waals surface area contributed by atoms with E-state index in [9.17, 15) is 0 Å². The molecule has 0 radical (unpaired) electrons. The van der Waals surface area contributed by atoms with E-state index in [0.717, 1.165) is 23.6 Å².